The van der Waals surface area contributed by atoms with Crippen molar-refractivity contribution in [3.05, 3.63) is 65.2 Å². The van der Waals surface area contributed by atoms with Gasteiger partial charge in [-0.05, 0) is 41.8 Å². The van der Waals surface area contributed by atoms with E-state index in [1.54, 1.807) is 32.4 Å². The summed E-state index contributed by atoms with van der Waals surface area (Å²) >= 11 is 0. The van der Waals surface area contributed by atoms with Gasteiger partial charge in [0, 0.05) is 6.07 Å². The maximum Gasteiger partial charge on any atom is 0.416 e. The molecule has 122 valence electrons. The highest BCUT2D eigenvalue weighted by Crippen LogP contribution is 2.30. The first-order chi connectivity index (χ1) is 10.9. The second kappa shape index (κ2) is 7.22. The molecular weight excluding hydrogens is 305 g/mol. The lowest BCUT2D eigenvalue weighted by atomic mass is 10.1. The maximum atomic E-state index is 12.7. The number of methoxy groups -OCH3 is 2. The van der Waals surface area contributed by atoms with E-state index in [2.05, 4.69) is 0 Å². The van der Waals surface area contributed by atoms with Crippen molar-refractivity contribution in [2.45, 2.75) is 12.6 Å². The Morgan fingerprint density at radius 2 is 1.61 bits per heavy atom. The van der Waals surface area contributed by atoms with E-state index in [0.717, 1.165) is 17.7 Å². The fourth-order valence-corrected chi connectivity index (χ4v) is 2.13. The van der Waals surface area contributed by atoms with E-state index in [-0.39, 0.29) is 0 Å². The van der Waals surface area contributed by atoms with Gasteiger partial charge in [0.25, 0.3) is 0 Å². The molecule has 0 N–H and O–H groups in total. The maximum absolute atomic E-state index is 12.7. The van der Waals surface area contributed by atoms with Crippen LogP contribution in [-0.2, 0) is 12.6 Å². The molecule has 0 amide bonds. The van der Waals surface area contributed by atoms with Gasteiger partial charge in [-0.25, -0.2) is 0 Å². The Balaban J connectivity index is 2.13. The third kappa shape index (κ3) is 4.77. The lowest BCUT2D eigenvalue weighted by Crippen LogP contribution is -2.04. The molecule has 2 nitrogen and oxygen atoms in total. The number of hydrogen-bond donors (Lipinski definition) is 0. The zero-order chi connectivity index (χ0) is 16.9. The first kappa shape index (κ1) is 16.9. The van der Waals surface area contributed by atoms with Crippen molar-refractivity contribution < 1.29 is 22.6 Å². The van der Waals surface area contributed by atoms with E-state index in [1.807, 2.05) is 18.2 Å². The van der Waals surface area contributed by atoms with Crippen LogP contribution in [0.1, 0.15) is 16.7 Å². The number of benzene rings is 2. The summed E-state index contributed by atoms with van der Waals surface area (Å²) in [6.45, 7) is 0. The molecule has 0 aliphatic rings. The van der Waals surface area contributed by atoms with Crippen LogP contribution in [0.2, 0.25) is 0 Å². The third-order valence-corrected chi connectivity index (χ3v) is 3.29. The first-order valence-corrected chi connectivity index (χ1v) is 6.98. The number of alkyl halides is 3. The SMILES string of the molecule is COc1cc(C/C=C/c2cccc(C(F)(F)F)c2)cc(OC)c1. The summed E-state index contributed by atoms with van der Waals surface area (Å²) in [5, 5.41) is 0. The van der Waals surface area contributed by atoms with Gasteiger partial charge in [-0.2, -0.15) is 13.2 Å². The fraction of sp³-hybridized carbons (Fsp3) is 0.222. The van der Waals surface area contributed by atoms with Crippen LogP contribution in [0.4, 0.5) is 13.2 Å². The van der Waals surface area contributed by atoms with Gasteiger partial charge in [0.05, 0.1) is 19.8 Å². The largest absolute Gasteiger partial charge is 0.497 e. The van der Waals surface area contributed by atoms with E-state index < -0.39 is 11.7 Å². The van der Waals surface area contributed by atoms with Gasteiger partial charge in [-0.1, -0.05) is 24.3 Å². The van der Waals surface area contributed by atoms with Crippen molar-refractivity contribution in [2.75, 3.05) is 14.2 Å². The molecule has 0 aliphatic heterocycles. The van der Waals surface area contributed by atoms with Crippen molar-refractivity contribution in [3.63, 3.8) is 0 Å². The summed E-state index contributed by atoms with van der Waals surface area (Å²) < 4.78 is 48.4. The average molecular weight is 322 g/mol. The van der Waals surface area contributed by atoms with Gasteiger partial charge < -0.3 is 9.47 Å². The Labute approximate surface area is 133 Å². The molecule has 0 saturated heterocycles. The van der Waals surface area contributed by atoms with Crippen molar-refractivity contribution in [1.82, 2.24) is 0 Å². The van der Waals surface area contributed by atoms with E-state index in [9.17, 15) is 13.2 Å². The number of allylic oxidation sites excluding steroid dienone is 1. The Morgan fingerprint density at radius 3 is 2.17 bits per heavy atom. The summed E-state index contributed by atoms with van der Waals surface area (Å²) in [6, 6.07) is 10.7. The van der Waals surface area contributed by atoms with Gasteiger partial charge in [-0.15, -0.1) is 0 Å². The molecule has 0 heterocycles. The van der Waals surface area contributed by atoms with Gasteiger partial charge in [-0.3, -0.25) is 0 Å². The van der Waals surface area contributed by atoms with Crippen LogP contribution < -0.4 is 9.47 Å². The Kier molecular flexibility index (Phi) is 5.32. The molecule has 0 saturated carbocycles. The molecule has 0 aliphatic carbocycles. The number of ether oxygens (including phenoxy) is 2. The minimum atomic E-state index is -4.33. The molecule has 0 spiro atoms. The minimum Gasteiger partial charge on any atom is -0.497 e. The van der Waals surface area contributed by atoms with Crippen LogP contribution in [0, 0.1) is 0 Å². The van der Waals surface area contributed by atoms with Crippen molar-refractivity contribution in [1.29, 1.82) is 0 Å². The van der Waals surface area contributed by atoms with Crippen molar-refractivity contribution in [3.8, 4) is 11.5 Å². The summed E-state index contributed by atoms with van der Waals surface area (Å²) in [4.78, 5) is 0. The molecule has 0 atom stereocenters. The molecule has 5 heteroatoms. The van der Waals surface area contributed by atoms with Gasteiger partial charge in [0.1, 0.15) is 11.5 Å². The van der Waals surface area contributed by atoms with Gasteiger partial charge in [0.15, 0.2) is 0 Å². The molecule has 0 fully saturated rings. The van der Waals surface area contributed by atoms with Crippen LogP contribution in [0.3, 0.4) is 0 Å². The normalized spacial score (nSPS) is 11.7. The van der Waals surface area contributed by atoms with Gasteiger partial charge >= 0.3 is 6.18 Å². The Hall–Kier alpha value is -2.43. The standard InChI is InChI=1S/C18H17F3O2/c1-22-16-10-14(11-17(12-16)23-2)7-3-5-13-6-4-8-15(9-13)18(19,20)21/h3-6,8-12H,7H2,1-2H3/b5-3+. The molecule has 2 aromatic rings. The second-order valence-corrected chi connectivity index (χ2v) is 4.95. The minimum absolute atomic E-state index is 0.509. The Morgan fingerprint density at radius 1 is 0.957 bits per heavy atom. The smallest absolute Gasteiger partial charge is 0.416 e. The lowest BCUT2D eigenvalue weighted by molar-refractivity contribution is -0.137. The molecule has 0 unspecified atom stereocenters. The van der Waals surface area contributed by atoms with E-state index in [1.165, 1.54) is 6.07 Å². The third-order valence-electron chi connectivity index (χ3n) is 3.29. The monoisotopic (exact) mass is 322 g/mol. The summed E-state index contributed by atoms with van der Waals surface area (Å²) in [5.74, 6) is 1.35. The van der Waals surface area contributed by atoms with E-state index in [4.69, 9.17) is 9.47 Å². The van der Waals surface area contributed by atoms with Crippen LogP contribution in [0.25, 0.3) is 6.08 Å². The molecule has 0 aromatic heterocycles. The molecule has 23 heavy (non-hydrogen) atoms. The topological polar surface area (TPSA) is 18.5 Å². The van der Waals surface area contributed by atoms with Crippen LogP contribution >= 0.6 is 0 Å². The summed E-state index contributed by atoms with van der Waals surface area (Å²) in [5.41, 5.74) is 0.807. The lowest BCUT2D eigenvalue weighted by Gasteiger charge is -2.07. The second-order valence-electron chi connectivity index (χ2n) is 4.95. The molecule has 2 rings (SSSR count). The molecular formula is C18H17F3O2. The molecule has 0 radical (unpaired) electrons. The first-order valence-electron chi connectivity index (χ1n) is 6.98. The predicted octanol–water partition coefficient (Wildman–Crippen LogP) is 4.98. The highest BCUT2D eigenvalue weighted by Gasteiger charge is 2.30. The summed E-state index contributed by atoms with van der Waals surface area (Å²) in [6.07, 6.45) is -0.293. The zero-order valence-corrected chi connectivity index (χ0v) is 12.9. The molecule has 0 bridgehead atoms. The zero-order valence-electron chi connectivity index (χ0n) is 12.9. The van der Waals surface area contributed by atoms with Gasteiger partial charge in [0.2, 0.25) is 0 Å². The number of halogens is 3. The van der Waals surface area contributed by atoms with E-state index in [0.29, 0.717) is 23.5 Å². The highest BCUT2D eigenvalue weighted by molar-refractivity contribution is 5.51. The number of rotatable bonds is 5. The van der Waals surface area contributed by atoms with Crippen molar-refractivity contribution in [2.24, 2.45) is 0 Å². The Bertz CT molecular complexity index is 669. The van der Waals surface area contributed by atoms with Crippen LogP contribution in [-0.4, -0.2) is 14.2 Å². The van der Waals surface area contributed by atoms with Crippen LogP contribution in [0.15, 0.2) is 48.5 Å². The fourth-order valence-electron chi connectivity index (χ4n) is 2.13. The predicted molar refractivity (Wildman–Crippen MR) is 83.7 cm³/mol. The van der Waals surface area contributed by atoms with Crippen LogP contribution in [0.5, 0.6) is 11.5 Å². The summed E-state index contributed by atoms with van der Waals surface area (Å²) in [7, 11) is 3.13. The van der Waals surface area contributed by atoms with Crippen molar-refractivity contribution >= 4 is 6.08 Å². The number of hydrogen-bond acceptors (Lipinski definition) is 2. The average Bonchev–Trinajstić information content (AvgIpc) is 2.54. The molecule has 2 aromatic carbocycles. The van der Waals surface area contributed by atoms with E-state index >= 15 is 0 Å². The highest BCUT2D eigenvalue weighted by atomic mass is 19.4. The quantitative estimate of drug-likeness (QED) is 0.773.